The third kappa shape index (κ3) is 5.20. The normalized spacial score (nSPS) is 10.5. The maximum Gasteiger partial charge on any atom is 0.228 e. The van der Waals surface area contributed by atoms with Crippen LogP contribution in [-0.2, 0) is 11.2 Å². The van der Waals surface area contributed by atoms with E-state index in [1.165, 1.54) is 0 Å². The summed E-state index contributed by atoms with van der Waals surface area (Å²) in [4.78, 5) is 16.3. The molecule has 0 radical (unpaired) electrons. The van der Waals surface area contributed by atoms with Gasteiger partial charge in [-0.2, -0.15) is 0 Å². The number of pyridine rings is 1. The van der Waals surface area contributed by atoms with Gasteiger partial charge in [-0.1, -0.05) is 43.7 Å². The predicted octanol–water partition coefficient (Wildman–Crippen LogP) is 3.64. The molecule has 116 valence electrons. The molecule has 0 spiro atoms. The van der Waals surface area contributed by atoms with Crippen LogP contribution in [0.2, 0.25) is 0 Å². The number of benzene rings is 1. The van der Waals surface area contributed by atoms with Gasteiger partial charge in [0.25, 0.3) is 0 Å². The first kappa shape index (κ1) is 16.0. The minimum Gasteiger partial charge on any atom is -0.370 e. The van der Waals surface area contributed by atoms with Gasteiger partial charge in [0.05, 0.1) is 18.3 Å². The summed E-state index contributed by atoms with van der Waals surface area (Å²) in [5.41, 5.74) is 2.89. The highest BCUT2D eigenvalue weighted by molar-refractivity contribution is 5.92. The molecule has 0 aliphatic carbocycles. The van der Waals surface area contributed by atoms with Gasteiger partial charge in [-0.05, 0) is 30.5 Å². The number of hydrogen-bond acceptors (Lipinski definition) is 3. The van der Waals surface area contributed by atoms with Crippen LogP contribution < -0.4 is 10.6 Å². The van der Waals surface area contributed by atoms with Crippen molar-refractivity contribution in [2.75, 3.05) is 17.2 Å². The number of amides is 1. The molecule has 22 heavy (non-hydrogen) atoms. The van der Waals surface area contributed by atoms with Crippen LogP contribution in [0.25, 0.3) is 0 Å². The van der Waals surface area contributed by atoms with Gasteiger partial charge >= 0.3 is 0 Å². The summed E-state index contributed by atoms with van der Waals surface area (Å²) < 4.78 is 0. The molecular formula is C18H23N3O. The number of carbonyl (C=O) groups is 1. The molecule has 2 N–H and O–H groups in total. The minimum absolute atomic E-state index is 0.0321. The highest BCUT2D eigenvalue weighted by Crippen LogP contribution is 2.11. The van der Waals surface area contributed by atoms with Gasteiger partial charge in [0, 0.05) is 6.54 Å². The second-order valence-corrected chi connectivity index (χ2v) is 5.92. The number of nitrogens with zero attached hydrogens (tertiary/aromatic N) is 1. The molecule has 4 nitrogen and oxygen atoms in total. The van der Waals surface area contributed by atoms with Gasteiger partial charge < -0.3 is 10.6 Å². The van der Waals surface area contributed by atoms with E-state index in [1.54, 1.807) is 6.20 Å². The number of rotatable bonds is 6. The van der Waals surface area contributed by atoms with Crippen molar-refractivity contribution < 1.29 is 4.79 Å². The van der Waals surface area contributed by atoms with Crippen molar-refractivity contribution in [2.24, 2.45) is 5.92 Å². The van der Waals surface area contributed by atoms with Crippen LogP contribution in [0.15, 0.2) is 42.6 Å². The molecule has 1 heterocycles. The Morgan fingerprint density at radius 3 is 2.68 bits per heavy atom. The van der Waals surface area contributed by atoms with E-state index in [4.69, 9.17) is 0 Å². The number of anilines is 2. The number of hydrogen-bond donors (Lipinski definition) is 2. The van der Waals surface area contributed by atoms with Gasteiger partial charge in [0.15, 0.2) is 0 Å². The number of aryl methyl sites for hydroxylation is 1. The first-order valence-corrected chi connectivity index (χ1v) is 7.58. The second kappa shape index (κ2) is 7.59. The zero-order valence-corrected chi connectivity index (χ0v) is 13.4. The van der Waals surface area contributed by atoms with Crippen LogP contribution in [0.4, 0.5) is 11.5 Å². The average Bonchev–Trinajstić information content (AvgIpc) is 2.46. The zero-order chi connectivity index (χ0) is 15.9. The third-order valence-corrected chi connectivity index (χ3v) is 3.19. The topological polar surface area (TPSA) is 54.0 Å². The first-order chi connectivity index (χ1) is 10.5. The molecule has 0 unspecified atom stereocenters. The van der Waals surface area contributed by atoms with Crippen LogP contribution in [0.5, 0.6) is 0 Å². The number of carbonyl (C=O) groups excluding carboxylic acids is 1. The summed E-state index contributed by atoms with van der Waals surface area (Å²) in [5, 5.41) is 6.12. The van der Waals surface area contributed by atoms with E-state index in [2.05, 4.69) is 29.5 Å². The molecule has 0 aliphatic rings. The summed E-state index contributed by atoms with van der Waals surface area (Å²) >= 11 is 0. The lowest BCUT2D eigenvalue weighted by atomic mass is 10.1. The maximum absolute atomic E-state index is 12.0. The standard InChI is InChI=1S/C18H23N3O/c1-13(2)11-19-17-8-7-16(12-20-17)21-18(22)10-15-6-4-5-14(3)9-15/h4-9,12-13H,10-11H2,1-3H3,(H,19,20)(H,21,22). The summed E-state index contributed by atoms with van der Waals surface area (Å²) in [6.07, 6.45) is 2.05. The van der Waals surface area contributed by atoms with Gasteiger partial charge in [-0.15, -0.1) is 0 Å². The molecule has 1 aromatic heterocycles. The molecular weight excluding hydrogens is 274 g/mol. The van der Waals surface area contributed by atoms with Gasteiger partial charge in [0.2, 0.25) is 5.91 Å². The fraction of sp³-hybridized carbons (Fsp3) is 0.333. The Balaban J connectivity index is 1.89. The Labute approximate surface area is 132 Å². The molecule has 0 atom stereocenters. The van der Waals surface area contributed by atoms with Crippen molar-refractivity contribution in [2.45, 2.75) is 27.2 Å². The fourth-order valence-electron chi connectivity index (χ4n) is 2.09. The lowest BCUT2D eigenvalue weighted by Gasteiger charge is -2.09. The number of nitrogens with one attached hydrogen (secondary N) is 2. The van der Waals surface area contributed by atoms with Crippen molar-refractivity contribution >= 4 is 17.4 Å². The molecule has 0 saturated heterocycles. The van der Waals surface area contributed by atoms with Crippen molar-refractivity contribution in [3.05, 3.63) is 53.7 Å². The molecule has 4 heteroatoms. The molecule has 0 saturated carbocycles. The molecule has 1 amide bonds. The Kier molecular flexibility index (Phi) is 5.53. The summed E-state index contributed by atoms with van der Waals surface area (Å²) in [5.74, 6) is 1.36. The first-order valence-electron chi connectivity index (χ1n) is 7.58. The monoisotopic (exact) mass is 297 g/mol. The lowest BCUT2D eigenvalue weighted by molar-refractivity contribution is -0.115. The van der Waals surface area contributed by atoms with Crippen LogP contribution in [0, 0.1) is 12.8 Å². The van der Waals surface area contributed by atoms with Crippen molar-refractivity contribution in [1.82, 2.24) is 4.98 Å². The van der Waals surface area contributed by atoms with Crippen LogP contribution in [0.3, 0.4) is 0 Å². The van der Waals surface area contributed by atoms with Crippen LogP contribution >= 0.6 is 0 Å². The van der Waals surface area contributed by atoms with E-state index in [9.17, 15) is 4.79 Å². The van der Waals surface area contributed by atoms with E-state index in [0.717, 1.165) is 23.5 Å². The summed E-state index contributed by atoms with van der Waals surface area (Å²) in [6.45, 7) is 7.19. The third-order valence-electron chi connectivity index (χ3n) is 3.19. The van der Waals surface area contributed by atoms with Crippen LogP contribution in [0.1, 0.15) is 25.0 Å². The van der Waals surface area contributed by atoms with Gasteiger partial charge in [-0.25, -0.2) is 4.98 Å². The highest BCUT2D eigenvalue weighted by Gasteiger charge is 2.05. The highest BCUT2D eigenvalue weighted by atomic mass is 16.1. The predicted molar refractivity (Wildman–Crippen MR) is 91.1 cm³/mol. The smallest absolute Gasteiger partial charge is 0.228 e. The van der Waals surface area contributed by atoms with Gasteiger partial charge in [0.1, 0.15) is 5.82 Å². The minimum atomic E-state index is -0.0321. The van der Waals surface area contributed by atoms with Crippen molar-refractivity contribution in [1.29, 1.82) is 0 Å². The Morgan fingerprint density at radius 1 is 1.23 bits per heavy atom. The van der Waals surface area contributed by atoms with Crippen molar-refractivity contribution in [3.63, 3.8) is 0 Å². The van der Waals surface area contributed by atoms with E-state index >= 15 is 0 Å². The fourth-order valence-corrected chi connectivity index (χ4v) is 2.09. The molecule has 0 aliphatic heterocycles. The zero-order valence-electron chi connectivity index (χ0n) is 13.4. The van der Waals surface area contributed by atoms with E-state index in [0.29, 0.717) is 18.0 Å². The Bertz CT molecular complexity index is 620. The van der Waals surface area contributed by atoms with E-state index in [1.807, 2.05) is 43.3 Å². The maximum atomic E-state index is 12.0. The second-order valence-electron chi connectivity index (χ2n) is 5.92. The van der Waals surface area contributed by atoms with Crippen molar-refractivity contribution in [3.8, 4) is 0 Å². The molecule has 2 aromatic rings. The number of aromatic nitrogens is 1. The lowest BCUT2D eigenvalue weighted by Crippen LogP contribution is -2.15. The summed E-state index contributed by atoms with van der Waals surface area (Å²) in [6, 6.07) is 11.7. The van der Waals surface area contributed by atoms with E-state index < -0.39 is 0 Å². The van der Waals surface area contributed by atoms with Gasteiger partial charge in [-0.3, -0.25) is 4.79 Å². The van der Waals surface area contributed by atoms with E-state index in [-0.39, 0.29) is 5.91 Å². The Hall–Kier alpha value is -2.36. The van der Waals surface area contributed by atoms with Crippen LogP contribution in [-0.4, -0.2) is 17.4 Å². The average molecular weight is 297 g/mol. The molecule has 2 rings (SSSR count). The largest absolute Gasteiger partial charge is 0.370 e. The SMILES string of the molecule is Cc1cccc(CC(=O)Nc2ccc(NCC(C)C)nc2)c1. The molecule has 1 aromatic carbocycles. The molecule has 0 fully saturated rings. The summed E-state index contributed by atoms with van der Waals surface area (Å²) in [7, 11) is 0. The molecule has 0 bridgehead atoms. The Morgan fingerprint density at radius 2 is 2.05 bits per heavy atom. The quantitative estimate of drug-likeness (QED) is 0.856.